The van der Waals surface area contributed by atoms with Crippen molar-refractivity contribution in [3.63, 3.8) is 0 Å². The summed E-state index contributed by atoms with van der Waals surface area (Å²) in [6.45, 7) is 2.16. The Hall–Kier alpha value is -0.900. The Kier molecular flexibility index (Phi) is 2.59. The van der Waals surface area contributed by atoms with E-state index in [4.69, 9.17) is 12.2 Å². The third-order valence-corrected chi connectivity index (χ3v) is 2.77. The zero-order valence-electron chi connectivity index (χ0n) is 7.52. The molecular formula is C9H13N3S. The summed E-state index contributed by atoms with van der Waals surface area (Å²) in [7, 11) is 0. The second-order valence-corrected chi connectivity index (χ2v) is 3.65. The van der Waals surface area contributed by atoms with Crippen LogP contribution in [0, 0.1) is 0 Å². The van der Waals surface area contributed by atoms with Crippen LogP contribution < -0.4 is 0 Å². The molecule has 1 aromatic heterocycles. The molecule has 2 heterocycles. The molecule has 0 atom stereocenters. The topological polar surface area (TPSA) is 21.1 Å². The van der Waals surface area contributed by atoms with Gasteiger partial charge in [0, 0.05) is 25.5 Å². The van der Waals surface area contributed by atoms with Crippen LogP contribution in [0.3, 0.4) is 0 Å². The lowest BCUT2D eigenvalue weighted by molar-refractivity contribution is 0.337. The lowest BCUT2D eigenvalue weighted by Gasteiger charge is -2.28. The number of piperidine rings is 1. The molecule has 4 heteroatoms. The quantitative estimate of drug-likeness (QED) is 0.585. The lowest BCUT2D eigenvalue weighted by atomic mass is 10.1. The van der Waals surface area contributed by atoms with Crippen LogP contribution >= 0.6 is 12.2 Å². The van der Waals surface area contributed by atoms with Gasteiger partial charge in [-0.05, 0) is 37.5 Å². The van der Waals surface area contributed by atoms with Crippen molar-refractivity contribution in [1.82, 2.24) is 14.7 Å². The molecule has 13 heavy (non-hydrogen) atoms. The van der Waals surface area contributed by atoms with Crippen molar-refractivity contribution in [3.8, 4) is 0 Å². The van der Waals surface area contributed by atoms with E-state index in [-0.39, 0.29) is 0 Å². The SMILES string of the molecule is S=C(N1CCCCC1)n1cccn1. The molecule has 0 bridgehead atoms. The molecule has 1 aliphatic rings. The van der Waals surface area contributed by atoms with Crippen LogP contribution in [0.1, 0.15) is 19.3 Å². The Balaban J connectivity index is 2.04. The minimum atomic E-state index is 0.838. The Morgan fingerprint density at radius 3 is 2.62 bits per heavy atom. The first kappa shape index (κ1) is 8.69. The summed E-state index contributed by atoms with van der Waals surface area (Å²) in [6, 6.07) is 1.90. The molecule has 0 amide bonds. The van der Waals surface area contributed by atoms with Crippen molar-refractivity contribution in [2.24, 2.45) is 0 Å². The van der Waals surface area contributed by atoms with Gasteiger partial charge < -0.3 is 4.90 Å². The van der Waals surface area contributed by atoms with E-state index >= 15 is 0 Å². The number of likely N-dealkylation sites (tertiary alicyclic amines) is 1. The van der Waals surface area contributed by atoms with E-state index in [9.17, 15) is 0 Å². The fourth-order valence-electron chi connectivity index (χ4n) is 1.61. The molecule has 0 aromatic carbocycles. The van der Waals surface area contributed by atoms with Crippen LogP contribution in [0.2, 0.25) is 0 Å². The normalized spacial score (nSPS) is 17.4. The highest BCUT2D eigenvalue weighted by molar-refractivity contribution is 7.80. The molecule has 0 spiro atoms. The summed E-state index contributed by atoms with van der Waals surface area (Å²) in [4.78, 5) is 2.23. The monoisotopic (exact) mass is 195 g/mol. The Morgan fingerprint density at radius 2 is 2.00 bits per heavy atom. The van der Waals surface area contributed by atoms with Crippen LogP contribution in [0.5, 0.6) is 0 Å². The second kappa shape index (κ2) is 3.87. The van der Waals surface area contributed by atoms with Gasteiger partial charge >= 0.3 is 0 Å². The van der Waals surface area contributed by atoms with E-state index in [1.807, 2.05) is 12.3 Å². The van der Waals surface area contributed by atoms with Gasteiger partial charge in [0.2, 0.25) is 0 Å². The molecule has 0 saturated carbocycles. The van der Waals surface area contributed by atoms with E-state index in [1.54, 1.807) is 10.9 Å². The van der Waals surface area contributed by atoms with Gasteiger partial charge in [0.1, 0.15) is 0 Å². The smallest absolute Gasteiger partial charge is 0.196 e. The minimum absolute atomic E-state index is 0.838. The number of hydrogen-bond acceptors (Lipinski definition) is 2. The first-order valence-electron chi connectivity index (χ1n) is 4.67. The molecule has 70 valence electrons. The summed E-state index contributed by atoms with van der Waals surface area (Å²) in [6.07, 6.45) is 7.49. The van der Waals surface area contributed by atoms with Gasteiger partial charge in [0.15, 0.2) is 5.11 Å². The highest BCUT2D eigenvalue weighted by Gasteiger charge is 2.14. The number of nitrogens with zero attached hydrogens (tertiary/aromatic N) is 3. The van der Waals surface area contributed by atoms with Gasteiger partial charge in [0.05, 0.1) is 0 Å². The summed E-state index contributed by atoms with van der Waals surface area (Å²) in [5, 5.41) is 4.96. The van der Waals surface area contributed by atoms with Crippen molar-refractivity contribution < 1.29 is 0 Å². The zero-order valence-corrected chi connectivity index (χ0v) is 8.33. The van der Waals surface area contributed by atoms with Gasteiger partial charge in [-0.25, -0.2) is 4.68 Å². The van der Waals surface area contributed by atoms with Crippen molar-refractivity contribution in [2.75, 3.05) is 13.1 Å². The Bertz CT molecular complexity index is 275. The molecule has 3 nitrogen and oxygen atoms in total. The molecule has 1 aliphatic heterocycles. The number of rotatable bonds is 0. The van der Waals surface area contributed by atoms with Crippen LogP contribution in [0.25, 0.3) is 0 Å². The average molecular weight is 195 g/mol. The standard InChI is InChI=1S/C9H13N3S/c13-9(12-8-4-5-10-12)11-6-2-1-3-7-11/h4-5,8H,1-3,6-7H2. The molecule has 1 saturated heterocycles. The minimum Gasteiger partial charge on any atom is -0.347 e. The number of thiocarbonyl (C=S) groups is 1. The molecule has 0 unspecified atom stereocenters. The largest absolute Gasteiger partial charge is 0.347 e. The van der Waals surface area contributed by atoms with Crippen molar-refractivity contribution >= 4 is 17.3 Å². The molecule has 0 radical (unpaired) electrons. The number of hydrogen-bond donors (Lipinski definition) is 0. The molecule has 1 fully saturated rings. The fourth-order valence-corrected chi connectivity index (χ4v) is 1.90. The van der Waals surface area contributed by atoms with Crippen LogP contribution in [-0.4, -0.2) is 32.9 Å². The molecule has 1 aromatic rings. The van der Waals surface area contributed by atoms with E-state index in [0.717, 1.165) is 18.2 Å². The Morgan fingerprint density at radius 1 is 1.23 bits per heavy atom. The van der Waals surface area contributed by atoms with E-state index in [0.29, 0.717) is 0 Å². The van der Waals surface area contributed by atoms with E-state index in [1.165, 1.54) is 19.3 Å². The average Bonchev–Trinajstić information content (AvgIpc) is 2.71. The molecule has 2 rings (SSSR count). The van der Waals surface area contributed by atoms with Crippen LogP contribution in [-0.2, 0) is 0 Å². The Labute approximate surface area is 83.3 Å². The summed E-state index contributed by atoms with van der Waals surface area (Å²) >= 11 is 5.32. The lowest BCUT2D eigenvalue weighted by Crippen LogP contribution is -2.38. The predicted octanol–water partition coefficient (Wildman–Crippen LogP) is 1.50. The fraction of sp³-hybridized carbons (Fsp3) is 0.556. The van der Waals surface area contributed by atoms with Gasteiger partial charge in [-0.2, -0.15) is 5.10 Å². The van der Waals surface area contributed by atoms with Crippen molar-refractivity contribution in [1.29, 1.82) is 0 Å². The van der Waals surface area contributed by atoms with Crippen molar-refractivity contribution in [2.45, 2.75) is 19.3 Å². The summed E-state index contributed by atoms with van der Waals surface area (Å²) in [5.41, 5.74) is 0. The first-order chi connectivity index (χ1) is 6.38. The first-order valence-corrected chi connectivity index (χ1v) is 5.08. The predicted molar refractivity (Wildman–Crippen MR) is 55.6 cm³/mol. The van der Waals surface area contributed by atoms with E-state index in [2.05, 4.69) is 10.00 Å². The van der Waals surface area contributed by atoms with Crippen LogP contribution in [0.4, 0.5) is 0 Å². The van der Waals surface area contributed by atoms with Gasteiger partial charge in [0.25, 0.3) is 0 Å². The molecule has 0 N–H and O–H groups in total. The third kappa shape index (κ3) is 1.88. The van der Waals surface area contributed by atoms with Crippen molar-refractivity contribution in [3.05, 3.63) is 18.5 Å². The zero-order chi connectivity index (χ0) is 9.10. The second-order valence-electron chi connectivity index (χ2n) is 3.28. The maximum atomic E-state index is 5.32. The third-order valence-electron chi connectivity index (χ3n) is 2.33. The van der Waals surface area contributed by atoms with Gasteiger partial charge in [-0.1, -0.05) is 0 Å². The van der Waals surface area contributed by atoms with Gasteiger partial charge in [-0.15, -0.1) is 0 Å². The number of aromatic nitrogens is 2. The maximum Gasteiger partial charge on any atom is 0.196 e. The maximum absolute atomic E-state index is 5.32. The van der Waals surface area contributed by atoms with E-state index < -0.39 is 0 Å². The highest BCUT2D eigenvalue weighted by Crippen LogP contribution is 2.09. The van der Waals surface area contributed by atoms with Crippen LogP contribution in [0.15, 0.2) is 18.5 Å². The highest BCUT2D eigenvalue weighted by atomic mass is 32.1. The van der Waals surface area contributed by atoms with Gasteiger partial charge in [-0.3, -0.25) is 0 Å². The molecule has 0 aliphatic carbocycles. The molecular weight excluding hydrogens is 182 g/mol. The summed E-state index contributed by atoms with van der Waals surface area (Å²) in [5.74, 6) is 0. The summed E-state index contributed by atoms with van der Waals surface area (Å²) < 4.78 is 1.76.